The molecule has 1 saturated heterocycles. The molecule has 3 amide bonds. The molecule has 0 aromatic heterocycles. The van der Waals surface area contributed by atoms with Gasteiger partial charge in [0, 0.05) is 4.90 Å². The molecule has 0 unspecified atom stereocenters. The highest BCUT2D eigenvalue weighted by atomic mass is 32.2. The predicted octanol–water partition coefficient (Wildman–Crippen LogP) is 1.98. The Morgan fingerprint density at radius 1 is 1.18 bits per heavy atom. The van der Waals surface area contributed by atoms with Crippen LogP contribution in [-0.2, 0) is 4.79 Å². The first-order chi connectivity index (χ1) is 8.19. The molecule has 0 spiro atoms. The van der Waals surface area contributed by atoms with Gasteiger partial charge in [0.1, 0.15) is 5.70 Å². The van der Waals surface area contributed by atoms with Crippen molar-refractivity contribution in [2.45, 2.75) is 11.8 Å². The Balaban J connectivity index is 2.16. The van der Waals surface area contributed by atoms with Gasteiger partial charge >= 0.3 is 6.03 Å². The largest absolute Gasteiger partial charge is 0.326 e. The topological polar surface area (TPSA) is 58.2 Å². The molecule has 0 atom stereocenters. The second-order valence-corrected chi connectivity index (χ2v) is 4.81. The molecule has 2 rings (SSSR count). The number of thioether (sulfide) groups is 1. The second kappa shape index (κ2) is 5.05. The van der Waals surface area contributed by atoms with Crippen LogP contribution in [0.15, 0.2) is 34.9 Å². The molecule has 1 heterocycles. The number of urea groups is 1. The van der Waals surface area contributed by atoms with Crippen molar-refractivity contribution in [3.8, 4) is 0 Å². The molecule has 0 aliphatic carbocycles. The number of nitrogens with one attached hydrogen (secondary N) is 2. The first-order valence-electron chi connectivity index (χ1n) is 5.26. The van der Waals surface area contributed by atoms with Gasteiger partial charge in [-0.15, -0.1) is 11.8 Å². The van der Waals surface area contributed by atoms with Crippen molar-refractivity contribution in [2.24, 2.45) is 0 Å². The first-order valence-corrected chi connectivity index (χ1v) is 6.24. The quantitative estimate of drug-likeness (QED) is 0.488. The first kappa shape index (κ1) is 11.7. The Morgan fingerprint density at radius 3 is 2.41 bits per heavy atom. The van der Waals surface area contributed by atoms with E-state index in [9.17, 15) is 9.59 Å². The SMILES string of the molecule is CCSc1ccc(/C=C2\NC(=O)NC2=O)cc1. The molecular weight excluding hydrogens is 236 g/mol. The highest BCUT2D eigenvalue weighted by Crippen LogP contribution is 2.18. The Morgan fingerprint density at radius 2 is 1.88 bits per heavy atom. The van der Waals surface area contributed by atoms with E-state index in [4.69, 9.17) is 0 Å². The Labute approximate surface area is 103 Å². The van der Waals surface area contributed by atoms with Crippen LogP contribution in [0.1, 0.15) is 12.5 Å². The van der Waals surface area contributed by atoms with Crippen LogP contribution in [0.5, 0.6) is 0 Å². The Kier molecular flexibility index (Phi) is 3.49. The number of hydrogen-bond acceptors (Lipinski definition) is 3. The summed E-state index contributed by atoms with van der Waals surface area (Å²) in [5, 5.41) is 4.61. The normalized spacial score (nSPS) is 17.1. The molecule has 2 N–H and O–H groups in total. The zero-order chi connectivity index (χ0) is 12.3. The van der Waals surface area contributed by atoms with Crippen LogP contribution >= 0.6 is 11.8 Å². The number of amides is 3. The molecule has 0 radical (unpaired) electrons. The summed E-state index contributed by atoms with van der Waals surface area (Å²) in [4.78, 5) is 23.4. The van der Waals surface area contributed by atoms with Gasteiger partial charge in [-0.1, -0.05) is 19.1 Å². The third-order valence-electron chi connectivity index (χ3n) is 2.22. The van der Waals surface area contributed by atoms with Crippen LogP contribution in [0.4, 0.5) is 4.79 Å². The highest BCUT2D eigenvalue weighted by Gasteiger charge is 2.22. The molecule has 1 aromatic carbocycles. The highest BCUT2D eigenvalue weighted by molar-refractivity contribution is 7.99. The van der Waals surface area contributed by atoms with Gasteiger partial charge < -0.3 is 5.32 Å². The summed E-state index contributed by atoms with van der Waals surface area (Å²) in [6.45, 7) is 2.10. The second-order valence-electron chi connectivity index (χ2n) is 3.47. The maximum atomic E-state index is 11.3. The summed E-state index contributed by atoms with van der Waals surface area (Å²) in [5.41, 5.74) is 1.17. The van der Waals surface area contributed by atoms with Crippen LogP contribution in [-0.4, -0.2) is 17.7 Å². The third-order valence-corrected chi connectivity index (χ3v) is 3.12. The molecule has 17 heavy (non-hydrogen) atoms. The van der Waals surface area contributed by atoms with Crippen molar-refractivity contribution < 1.29 is 9.59 Å². The minimum atomic E-state index is -0.473. The van der Waals surface area contributed by atoms with Gasteiger partial charge in [0.25, 0.3) is 5.91 Å². The maximum Gasteiger partial charge on any atom is 0.326 e. The lowest BCUT2D eigenvalue weighted by atomic mass is 10.2. The van der Waals surface area contributed by atoms with Crippen LogP contribution in [0.25, 0.3) is 6.08 Å². The van der Waals surface area contributed by atoms with Crippen molar-refractivity contribution >= 4 is 29.8 Å². The summed E-state index contributed by atoms with van der Waals surface area (Å²) in [6.07, 6.45) is 1.65. The van der Waals surface area contributed by atoms with Gasteiger partial charge in [-0.25, -0.2) is 4.79 Å². The third kappa shape index (κ3) is 2.88. The smallest absolute Gasteiger partial charge is 0.303 e. The standard InChI is InChI=1S/C12H12N2O2S/c1-2-17-9-5-3-8(4-6-9)7-10-11(15)14-12(16)13-10/h3-7H,2H2,1H3,(H2,13,14,15,16)/b10-7-. The van der Waals surface area contributed by atoms with Crippen molar-refractivity contribution in [1.29, 1.82) is 0 Å². The fourth-order valence-corrected chi connectivity index (χ4v) is 2.14. The molecule has 0 saturated carbocycles. The van der Waals surface area contributed by atoms with Crippen LogP contribution in [0, 0.1) is 0 Å². The van der Waals surface area contributed by atoms with Gasteiger partial charge in [-0.05, 0) is 29.5 Å². The fourth-order valence-electron chi connectivity index (χ4n) is 1.48. The number of carbonyl (C=O) groups is 2. The van der Waals surface area contributed by atoms with Crippen LogP contribution in [0.3, 0.4) is 0 Å². The molecule has 4 nitrogen and oxygen atoms in total. The summed E-state index contributed by atoms with van der Waals surface area (Å²) in [5.74, 6) is 0.640. The fraction of sp³-hybridized carbons (Fsp3) is 0.167. The summed E-state index contributed by atoms with van der Waals surface area (Å²) in [7, 11) is 0. The van der Waals surface area contributed by atoms with Crippen molar-refractivity contribution in [1.82, 2.24) is 10.6 Å². The van der Waals surface area contributed by atoms with Crippen molar-refractivity contribution in [3.05, 3.63) is 35.5 Å². The summed E-state index contributed by atoms with van der Waals surface area (Å²) in [6, 6.07) is 7.36. The van der Waals surface area contributed by atoms with Gasteiger partial charge in [-0.2, -0.15) is 0 Å². The van der Waals surface area contributed by atoms with E-state index in [1.807, 2.05) is 24.3 Å². The van der Waals surface area contributed by atoms with Gasteiger partial charge in [0.15, 0.2) is 0 Å². The van der Waals surface area contributed by atoms with Gasteiger partial charge in [0.05, 0.1) is 0 Å². The zero-order valence-electron chi connectivity index (χ0n) is 9.32. The average molecular weight is 248 g/mol. The van der Waals surface area contributed by atoms with E-state index in [0.717, 1.165) is 11.3 Å². The van der Waals surface area contributed by atoms with E-state index in [1.165, 1.54) is 4.90 Å². The Hall–Kier alpha value is -1.75. The molecule has 0 bridgehead atoms. The number of imide groups is 1. The average Bonchev–Trinajstić information content (AvgIpc) is 2.61. The van der Waals surface area contributed by atoms with Crippen molar-refractivity contribution in [3.63, 3.8) is 0 Å². The molecule has 1 aromatic rings. The van der Waals surface area contributed by atoms with E-state index >= 15 is 0 Å². The van der Waals surface area contributed by atoms with E-state index in [2.05, 4.69) is 17.6 Å². The minimum absolute atomic E-state index is 0.283. The molecule has 5 heteroatoms. The predicted molar refractivity (Wildman–Crippen MR) is 67.5 cm³/mol. The lowest BCUT2D eigenvalue weighted by Crippen LogP contribution is -2.22. The van der Waals surface area contributed by atoms with E-state index < -0.39 is 6.03 Å². The lowest BCUT2D eigenvalue weighted by molar-refractivity contribution is -0.115. The monoisotopic (exact) mass is 248 g/mol. The molecular formula is C12H12N2O2S. The van der Waals surface area contributed by atoms with Crippen LogP contribution in [0.2, 0.25) is 0 Å². The van der Waals surface area contributed by atoms with E-state index in [0.29, 0.717) is 0 Å². The molecule has 88 valence electrons. The molecule has 1 aliphatic heterocycles. The minimum Gasteiger partial charge on any atom is -0.303 e. The van der Waals surface area contributed by atoms with E-state index in [-0.39, 0.29) is 11.6 Å². The Bertz CT molecular complexity index is 480. The molecule has 1 fully saturated rings. The van der Waals surface area contributed by atoms with Crippen LogP contribution < -0.4 is 10.6 Å². The van der Waals surface area contributed by atoms with Gasteiger partial charge in [0.2, 0.25) is 0 Å². The zero-order valence-corrected chi connectivity index (χ0v) is 10.1. The maximum absolute atomic E-state index is 11.3. The summed E-state index contributed by atoms with van der Waals surface area (Å²) >= 11 is 1.76. The number of rotatable bonds is 3. The number of carbonyl (C=O) groups excluding carboxylic acids is 2. The lowest BCUT2D eigenvalue weighted by Gasteiger charge is -1.99. The number of benzene rings is 1. The van der Waals surface area contributed by atoms with Gasteiger partial charge in [-0.3, -0.25) is 10.1 Å². The van der Waals surface area contributed by atoms with Crippen molar-refractivity contribution in [2.75, 3.05) is 5.75 Å². The molecule has 1 aliphatic rings. The van der Waals surface area contributed by atoms with E-state index in [1.54, 1.807) is 17.8 Å². The summed E-state index contributed by atoms with van der Waals surface area (Å²) < 4.78 is 0. The number of hydrogen-bond donors (Lipinski definition) is 2.